The molecule has 2 heterocycles. The molecule has 1 aromatic heterocycles. The van der Waals surface area contributed by atoms with Crippen molar-refractivity contribution in [3.63, 3.8) is 0 Å². The number of anilines is 2. The summed E-state index contributed by atoms with van der Waals surface area (Å²) in [6.07, 6.45) is 0.370. The topological polar surface area (TPSA) is 92.3 Å². The number of carbonyl (C=O) groups is 3. The van der Waals surface area contributed by atoms with Crippen LogP contribution in [0.1, 0.15) is 23.2 Å². The second kappa shape index (κ2) is 11.0. The lowest BCUT2D eigenvalue weighted by molar-refractivity contribution is -0.121. The molecule has 9 nitrogen and oxygen atoms in total. The SMILES string of the molecule is COc1cc2nc(N(CCN(C)C)C(=O)c3cccc(N4C(=O)CCC4=O)c3)sc2cc1OC.Cl. The predicted molar refractivity (Wildman–Crippen MR) is 138 cm³/mol. The van der Waals surface area contributed by atoms with Crippen LogP contribution < -0.4 is 19.3 Å². The molecule has 1 saturated heterocycles. The van der Waals surface area contributed by atoms with E-state index in [0.29, 0.717) is 46.5 Å². The van der Waals surface area contributed by atoms with E-state index in [1.54, 1.807) is 49.5 Å². The number of benzene rings is 2. The number of likely N-dealkylation sites (N-methyl/N-ethyl adjacent to an activating group) is 1. The van der Waals surface area contributed by atoms with Crippen LogP contribution in [0.4, 0.5) is 10.8 Å². The molecule has 0 spiro atoms. The summed E-state index contributed by atoms with van der Waals surface area (Å²) in [6, 6.07) is 10.2. The number of hydrogen-bond donors (Lipinski definition) is 0. The molecule has 0 saturated carbocycles. The molecule has 0 aliphatic carbocycles. The van der Waals surface area contributed by atoms with Crippen LogP contribution in [-0.4, -0.2) is 69.0 Å². The van der Waals surface area contributed by atoms with Crippen molar-refractivity contribution in [2.75, 3.05) is 51.2 Å². The predicted octanol–water partition coefficient (Wildman–Crippen LogP) is 3.60. The molecule has 0 unspecified atom stereocenters. The fourth-order valence-corrected chi connectivity index (χ4v) is 4.74. The van der Waals surface area contributed by atoms with Crippen LogP contribution in [0.3, 0.4) is 0 Å². The van der Waals surface area contributed by atoms with Crippen molar-refractivity contribution in [1.29, 1.82) is 0 Å². The Balaban J connectivity index is 0.00000342. The van der Waals surface area contributed by atoms with E-state index < -0.39 is 0 Å². The molecule has 0 N–H and O–H groups in total. The van der Waals surface area contributed by atoms with Gasteiger partial charge in [0.15, 0.2) is 16.6 Å². The zero-order valence-corrected chi connectivity index (χ0v) is 21.6. The number of aromatic nitrogens is 1. The van der Waals surface area contributed by atoms with Crippen molar-refractivity contribution in [2.45, 2.75) is 12.8 Å². The maximum atomic E-state index is 13.6. The van der Waals surface area contributed by atoms with Gasteiger partial charge in [-0.15, -0.1) is 12.4 Å². The van der Waals surface area contributed by atoms with Crippen LogP contribution in [0.2, 0.25) is 0 Å². The van der Waals surface area contributed by atoms with E-state index in [1.807, 2.05) is 25.1 Å². The summed E-state index contributed by atoms with van der Waals surface area (Å²) < 4.78 is 11.6. The number of methoxy groups -OCH3 is 2. The third kappa shape index (κ3) is 5.39. The van der Waals surface area contributed by atoms with Gasteiger partial charge in [0.05, 0.1) is 30.1 Å². The van der Waals surface area contributed by atoms with E-state index in [1.165, 1.54) is 11.3 Å². The van der Waals surface area contributed by atoms with Gasteiger partial charge in [-0.2, -0.15) is 0 Å². The number of hydrogen-bond acceptors (Lipinski definition) is 8. The van der Waals surface area contributed by atoms with Gasteiger partial charge < -0.3 is 14.4 Å². The molecule has 2 aromatic carbocycles. The Bertz CT molecular complexity index is 1200. The maximum absolute atomic E-state index is 13.6. The molecule has 0 bridgehead atoms. The monoisotopic (exact) mass is 518 g/mol. The summed E-state index contributed by atoms with van der Waals surface area (Å²) in [5, 5.41) is 0.538. The van der Waals surface area contributed by atoms with Crippen LogP contribution >= 0.6 is 23.7 Å². The highest BCUT2D eigenvalue weighted by atomic mass is 35.5. The number of imide groups is 1. The van der Waals surface area contributed by atoms with Gasteiger partial charge in [0.2, 0.25) is 11.8 Å². The Labute approximate surface area is 213 Å². The van der Waals surface area contributed by atoms with E-state index in [0.717, 1.165) is 9.60 Å². The highest BCUT2D eigenvalue weighted by Gasteiger charge is 2.31. The summed E-state index contributed by atoms with van der Waals surface area (Å²) in [5.74, 6) is 0.372. The van der Waals surface area contributed by atoms with E-state index in [4.69, 9.17) is 14.5 Å². The molecule has 3 amide bonds. The van der Waals surface area contributed by atoms with E-state index in [-0.39, 0.29) is 43.0 Å². The van der Waals surface area contributed by atoms with Gasteiger partial charge in [0.25, 0.3) is 5.91 Å². The summed E-state index contributed by atoms with van der Waals surface area (Å²) in [5.41, 5.74) is 1.48. The molecule has 1 fully saturated rings. The molecule has 1 aliphatic rings. The zero-order valence-electron chi connectivity index (χ0n) is 19.9. The summed E-state index contributed by atoms with van der Waals surface area (Å²) in [7, 11) is 7.00. The van der Waals surface area contributed by atoms with Crippen LogP contribution in [0.15, 0.2) is 36.4 Å². The number of fused-ring (bicyclic) bond motifs is 1. The molecule has 4 rings (SSSR count). The Morgan fingerprint density at radius 3 is 2.31 bits per heavy atom. The lowest BCUT2D eigenvalue weighted by atomic mass is 10.1. The van der Waals surface area contributed by atoms with Crippen molar-refractivity contribution in [2.24, 2.45) is 0 Å². The Morgan fingerprint density at radius 2 is 1.69 bits per heavy atom. The van der Waals surface area contributed by atoms with Crippen LogP contribution in [0.25, 0.3) is 10.2 Å². The quantitative estimate of drug-likeness (QED) is 0.421. The number of amides is 3. The first-order valence-corrected chi connectivity index (χ1v) is 11.6. The average molecular weight is 519 g/mol. The molecular weight excluding hydrogens is 492 g/mol. The van der Waals surface area contributed by atoms with Gasteiger partial charge in [0.1, 0.15) is 0 Å². The zero-order chi connectivity index (χ0) is 24.4. The summed E-state index contributed by atoms with van der Waals surface area (Å²) >= 11 is 1.38. The van der Waals surface area contributed by atoms with Crippen LogP contribution in [-0.2, 0) is 9.59 Å². The third-order valence-electron chi connectivity index (χ3n) is 5.53. The normalized spacial score (nSPS) is 13.3. The smallest absolute Gasteiger partial charge is 0.260 e. The molecule has 0 radical (unpaired) electrons. The van der Waals surface area contributed by atoms with Gasteiger partial charge in [-0.1, -0.05) is 17.4 Å². The Hall–Kier alpha value is -3.21. The van der Waals surface area contributed by atoms with Crippen LogP contribution in [0, 0.1) is 0 Å². The molecule has 3 aromatic rings. The minimum atomic E-state index is -0.263. The molecule has 11 heteroatoms. The fourth-order valence-electron chi connectivity index (χ4n) is 3.74. The van der Waals surface area contributed by atoms with E-state index >= 15 is 0 Å². The number of ether oxygens (including phenoxy) is 2. The lowest BCUT2D eigenvalue weighted by Crippen LogP contribution is -2.37. The van der Waals surface area contributed by atoms with Gasteiger partial charge in [-0.25, -0.2) is 4.98 Å². The van der Waals surface area contributed by atoms with E-state index in [2.05, 4.69) is 0 Å². The van der Waals surface area contributed by atoms with Gasteiger partial charge >= 0.3 is 0 Å². The first-order valence-electron chi connectivity index (χ1n) is 10.8. The van der Waals surface area contributed by atoms with Gasteiger partial charge in [-0.3, -0.25) is 24.2 Å². The highest BCUT2D eigenvalue weighted by Crippen LogP contribution is 2.37. The summed E-state index contributed by atoms with van der Waals surface area (Å²) in [6.45, 7) is 1.03. The van der Waals surface area contributed by atoms with Crippen molar-refractivity contribution in [3.8, 4) is 11.5 Å². The molecular formula is C24H27ClN4O5S. The average Bonchev–Trinajstić information content (AvgIpc) is 3.39. The van der Waals surface area contributed by atoms with Crippen molar-refractivity contribution < 1.29 is 23.9 Å². The fraction of sp³-hybridized carbons (Fsp3) is 0.333. The largest absolute Gasteiger partial charge is 0.493 e. The minimum Gasteiger partial charge on any atom is -0.493 e. The first-order chi connectivity index (χ1) is 16.3. The lowest BCUT2D eigenvalue weighted by Gasteiger charge is -2.22. The van der Waals surface area contributed by atoms with Crippen LogP contribution in [0.5, 0.6) is 11.5 Å². The second-order valence-corrected chi connectivity index (χ2v) is 9.11. The van der Waals surface area contributed by atoms with Crippen molar-refractivity contribution in [1.82, 2.24) is 9.88 Å². The number of nitrogens with zero attached hydrogens (tertiary/aromatic N) is 4. The number of carbonyl (C=O) groups excluding carboxylic acids is 3. The minimum absolute atomic E-state index is 0. The second-order valence-electron chi connectivity index (χ2n) is 8.10. The molecule has 186 valence electrons. The van der Waals surface area contributed by atoms with Crippen molar-refractivity contribution >= 4 is 62.5 Å². The number of halogens is 1. The van der Waals surface area contributed by atoms with Gasteiger partial charge in [0, 0.05) is 43.6 Å². The standard InChI is InChI=1S/C24H26N4O5S.ClH/c1-26(2)10-11-27(24-25-17-13-18(32-3)19(33-4)14-20(17)34-24)23(31)15-6-5-7-16(12-15)28-21(29)8-9-22(28)30;/h5-7,12-14H,8-11H2,1-4H3;1H. The first kappa shape index (κ1) is 26.4. The maximum Gasteiger partial charge on any atom is 0.260 e. The summed E-state index contributed by atoms with van der Waals surface area (Å²) in [4.78, 5) is 47.5. The highest BCUT2D eigenvalue weighted by molar-refractivity contribution is 7.22. The Morgan fingerprint density at radius 1 is 1.03 bits per heavy atom. The Kier molecular flexibility index (Phi) is 8.31. The number of rotatable bonds is 8. The van der Waals surface area contributed by atoms with Gasteiger partial charge in [-0.05, 0) is 32.3 Å². The third-order valence-corrected chi connectivity index (χ3v) is 6.57. The molecule has 0 atom stereocenters. The molecule has 35 heavy (non-hydrogen) atoms. The molecule has 1 aliphatic heterocycles. The van der Waals surface area contributed by atoms with Crippen molar-refractivity contribution in [3.05, 3.63) is 42.0 Å². The van der Waals surface area contributed by atoms with E-state index in [9.17, 15) is 14.4 Å². The number of thiazole rings is 1.